The fraction of sp³-hybridized carbons (Fsp3) is 0.692. The van der Waals surface area contributed by atoms with Gasteiger partial charge in [-0.25, -0.2) is 0 Å². The Morgan fingerprint density at radius 3 is 2.40 bits per heavy atom. The van der Waals surface area contributed by atoms with Gasteiger partial charge in [0, 0.05) is 39.3 Å². The van der Waals surface area contributed by atoms with Gasteiger partial charge in [0.2, 0.25) is 12.4 Å². The molecule has 1 aromatic rings. The highest BCUT2D eigenvalue weighted by atomic mass is 16.1. The van der Waals surface area contributed by atoms with Gasteiger partial charge >= 0.3 is 0 Å². The molecule has 2 saturated heterocycles. The van der Waals surface area contributed by atoms with Crippen molar-refractivity contribution < 1.29 is 4.79 Å². The van der Waals surface area contributed by atoms with Gasteiger partial charge in [0.05, 0.1) is 6.20 Å². The van der Waals surface area contributed by atoms with Crippen LogP contribution in [0.4, 0.5) is 11.8 Å². The molecule has 2 fully saturated rings. The van der Waals surface area contributed by atoms with E-state index < -0.39 is 0 Å². The molecule has 1 amide bonds. The number of hydrogen-bond acceptors (Lipinski definition) is 6. The van der Waals surface area contributed by atoms with E-state index in [0.29, 0.717) is 0 Å². The van der Waals surface area contributed by atoms with E-state index in [4.69, 9.17) is 0 Å². The molecule has 0 N–H and O–H groups in total. The standard InChI is InChI=1S/C13H20N6O/c20-11-17-6-8-18(9-7-17)12-10-14-16-13(15-12)19-4-2-1-3-5-19/h10-11H,1-9H2. The lowest BCUT2D eigenvalue weighted by Crippen LogP contribution is -2.46. The van der Waals surface area contributed by atoms with Gasteiger partial charge in [0.1, 0.15) is 0 Å². The van der Waals surface area contributed by atoms with E-state index in [1.54, 1.807) is 11.1 Å². The molecule has 0 atom stereocenters. The third-order valence-corrected chi connectivity index (χ3v) is 3.96. The van der Waals surface area contributed by atoms with Gasteiger partial charge in [-0.05, 0) is 19.3 Å². The van der Waals surface area contributed by atoms with Crippen molar-refractivity contribution in [1.82, 2.24) is 20.1 Å². The Balaban J connectivity index is 1.69. The third kappa shape index (κ3) is 2.81. The molecule has 0 saturated carbocycles. The molecule has 0 spiro atoms. The van der Waals surface area contributed by atoms with E-state index in [-0.39, 0.29) is 0 Å². The first kappa shape index (κ1) is 13.1. The molecule has 3 rings (SSSR count). The van der Waals surface area contributed by atoms with E-state index in [1.807, 2.05) is 0 Å². The van der Waals surface area contributed by atoms with Crippen molar-refractivity contribution in [1.29, 1.82) is 0 Å². The van der Waals surface area contributed by atoms with Crippen molar-refractivity contribution in [2.24, 2.45) is 0 Å². The summed E-state index contributed by atoms with van der Waals surface area (Å²) >= 11 is 0. The zero-order valence-corrected chi connectivity index (χ0v) is 11.6. The molecular weight excluding hydrogens is 256 g/mol. The first-order valence-corrected chi connectivity index (χ1v) is 7.26. The van der Waals surface area contributed by atoms with E-state index >= 15 is 0 Å². The predicted molar refractivity (Wildman–Crippen MR) is 75.7 cm³/mol. The summed E-state index contributed by atoms with van der Waals surface area (Å²) in [6.07, 6.45) is 6.31. The van der Waals surface area contributed by atoms with E-state index in [2.05, 4.69) is 25.0 Å². The maximum absolute atomic E-state index is 10.7. The van der Waals surface area contributed by atoms with Crippen molar-refractivity contribution in [2.45, 2.75) is 19.3 Å². The lowest BCUT2D eigenvalue weighted by Gasteiger charge is -2.33. The lowest BCUT2D eigenvalue weighted by molar-refractivity contribution is -0.118. The first-order valence-electron chi connectivity index (χ1n) is 7.26. The third-order valence-electron chi connectivity index (χ3n) is 3.96. The second-order valence-electron chi connectivity index (χ2n) is 5.29. The van der Waals surface area contributed by atoms with Gasteiger partial charge in [-0.3, -0.25) is 4.79 Å². The first-order chi connectivity index (χ1) is 9.86. The Labute approximate surface area is 118 Å². The Hall–Kier alpha value is -1.92. The number of piperazine rings is 1. The van der Waals surface area contributed by atoms with Crippen LogP contribution in [0.1, 0.15) is 19.3 Å². The van der Waals surface area contributed by atoms with Crippen molar-refractivity contribution in [3.63, 3.8) is 0 Å². The molecule has 2 aliphatic rings. The van der Waals surface area contributed by atoms with Crippen LogP contribution in [-0.2, 0) is 4.79 Å². The van der Waals surface area contributed by atoms with Crippen LogP contribution in [0.3, 0.4) is 0 Å². The van der Waals surface area contributed by atoms with Crippen LogP contribution in [-0.4, -0.2) is 65.8 Å². The van der Waals surface area contributed by atoms with Gasteiger partial charge in [-0.15, -0.1) is 5.10 Å². The highest BCUT2D eigenvalue weighted by Gasteiger charge is 2.19. The topological polar surface area (TPSA) is 65.5 Å². The minimum absolute atomic E-state index is 0.736. The molecular formula is C13H20N6O. The van der Waals surface area contributed by atoms with Crippen LogP contribution in [0.2, 0.25) is 0 Å². The molecule has 0 aromatic carbocycles. The number of aromatic nitrogens is 3. The summed E-state index contributed by atoms with van der Waals surface area (Å²) in [5.74, 6) is 1.60. The molecule has 20 heavy (non-hydrogen) atoms. The van der Waals surface area contributed by atoms with Gasteiger partial charge in [-0.2, -0.15) is 10.1 Å². The lowest BCUT2D eigenvalue weighted by atomic mass is 10.1. The minimum atomic E-state index is 0.736. The number of amides is 1. The Morgan fingerprint density at radius 2 is 1.70 bits per heavy atom. The van der Waals surface area contributed by atoms with Crippen LogP contribution in [0, 0.1) is 0 Å². The van der Waals surface area contributed by atoms with E-state index in [1.165, 1.54) is 19.3 Å². The molecule has 1 aromatic heterocycles. The van der Waals surface area contributed by atoms with Crippen molar-refractivity contribution in [2.75, 3.05) is 49.1 Å². The summed E-state index contributed by atoms with van der Waals surface area (Å²) in [5.41, 5.74) is 0. The summed E-state index contributed by atoms with van der Waals surface area (Å²) in [6, 6.07) is 0. The smallest absolute Gasteiger partial charge is 0.247 e. The molecule has 0 radical (unpaired) electrons. The average Bonchev–Trinajstić information content (AvgIpc) is 2.56. The number of carbonyl (C=O) groups is 1. The zero-order valence-electron chi connectivity index (χ0n) is 11.6. The Bertz CT molecular complexity index is 454. The molecule has 7 nitrogen and oxygen atoms in total. The summed E-state index contributed by atoms with van der Waals surface area (Å²) in [5, 5.41) is 8.26. The summed E-state index contributed by atoms with van der Waals surface area (Å²) in [4.78, 5) is 21.5. The van der Waals surface area contributed by atoms with E-state index in [9.17, 15) is 4.79 Å². The Kier molecular flexibility index (Phi) is 3.94. The fourth-order valence-corrected chi connectivity index (χ4v) is 2.72. The number of piperidine rings is 1. The van der Waals surface area contributed by atoms with Gasteiger partial charge < -0.3 is 14.7 Å². The van der Waals surface area contributed by atoms with Crippen LogP contribution < -0.4 is 9.80 Å². The second-order valence-corrected chi connectivity index (χ2v) is 5.29. The average molecular weight is 276 g/mol. The van der Waals surface area contributed by atoms with Crippen LogP contribution in [0.25, 0.3) is 0 Å². The maximum Gasteiger partial charge on any atom is 0.247 e. The molecule has 0 unspecified atom stereocenters. The predicted octanol–water partition coefficient (Wildman–Crippen LogP) is 0.140. The van der Waals surface area contributed by atoms with Crippen molar-refractivity contribution >= 4 is 18.2 Å². The highest BCUT2D eigenvalue weighted by molar-refractivity contribution is 5.49. The quantitative estimate of drug-likeness (QED) is 0.732. The van der Waals surface area contributed by atoms with Gasteiger partial charge in [-0.1, -0.05) is 0 Å². The SMILES string of the molecule is O=CN1CCN(c2cnnc(N3CCCCC3)n2)CC1. The maximum atomic E-state index is 10.7. The molecule has 108 valence electrons. The molecule has 3 heterocycles. The number of anilines is 2. The molecule has 7 heteroatoms. The summed E-state index contributed by atoms with van der Waals surface area (Å²) in [6.45, 7) is 5.13. The number of hydrogen-bond donors (Lipinski definition) is 0. The molecule has 0 bridgehead atoms. The summed E-state index contributed by atoms with van der Waals surface area (Å²) < 4.78 is 0. The van der Waals surface area contributed by atoms with Crippen molar-refractivity contribution in [3.8, 4) is 0 Å². The Morgan fingerprint density at radius 1 is 0.950 bits per heavy atom. The number of nitrogens with zero attached hydrogens (tertiary/aromatic N) is 6. The van der Waals surface area contributed by atoms with Crippen LogP contribution in [0.15, 0.2) is 6.20 Å². The van der Waals surface area contributed by atoms with Crippen LogP contribution >= 0.6 is 0 Å². The fourth-order valence-electron chi connectivity index (χ4n) is 2.72. The summed E-state index contributed by atoms with van der Waals surface area (Å²) in [7, 11) is 0. The molecule has 2 aliphatic heterocycles. The number of carbonyl (C=O) groups excluding carboxylic acids is 1. The van der Waals surface area contributed by atoms with Gasteiger partial charge in [0.25, 0.3) is 0 Å². The second kappa shape index (κ2) is 6.02. The van der Waals surface area contributed by atoms with E-state index in [0.717, 1.165) is 57.4 Å². The van der Waals surface area contributed by atoms with Crippen LogP contribution in [0.5, 0.6) is 0 Å². The van der Waals surface area contributed by atoms with Crippen molar-refractivity contribution in [3.05, 3.63) is 6.20 Å². The zero-order chi connectivity index (χ0) is 13.8. The minimum Gasteiger partial charge on any atom is -0.352 e. The van der Waals surface area contributed by atoms with Gasteiger partial charge in [0.15, 0.2) is 5.82 Å². The monoisotopic (exact) mass is 276 g/mol. The largest absolute Gasteiger partial charge is 0.352 e. The molecule has 0 aliphatic carbocycles. The normalized spacial score (nSPS) is 20.1. The highest BCUT2D eigenvalue weighted by Crippen LogP contribution is 2.18. The number of rotatable bonds is 3.